The Balaban J connectivity index is 1.23. The summed E-state index contributed by atoms with van der Waals surface area (Å²) in [5, 5.41) is 9.44. The molecule has 12 rings (SSSR count). The van der Waals surface area contributed by atoms with E-state index in [0.29, 0.717) is 5.92 Å². The molecule has 3 heterocycles. The van der Waals surface area contributed by atoms with Crippen LogP contribution in [0.25, 0.3) is 96.9 Å². The highest BCUT2D eigenvalue weighted by Gasteiger charge is 2.37. The van der Waals surface area contributed by atoms with E-state index in [0.717, 1.165) is 6.42 Å². The molecule has 252 valence electrons. The summed E-state index contributed by atoms with van der Waals surface area (Å²) in [5.74, 6) is 0.455. The fourth-order valence-electron chi connectivity index (χ4n) is 10.1. The fraction of sp³-hybridized carbons (Fsp3) is 0.120. The minimum absolute atomic E-state index is 0.0948. The maximum Gasteiger partial charge on any atom is 0.0637 e. The van der Waals surface area contributed by atoms with Crippen LogP contribution in [0.5, 0.6) is 0 Å². The first-order chi connectivity index (χ1) is 26.0. The van der Waals surface area contributed by atoms with Gasteiger partial charge in [-0.15, -0.1) is 22.7 Å². The van der Waals surface area contributed by atoms with E-state index < -0.39 is 0 Å². The van der Waals surface area contributed by atoms with Crippen LogP contribution in [0.4, 0.5) is 0 Å². The standard InChI is InChI=1S/C50H35NS2/c1-28-12-10-21-42-44(28)46-43(52-42)27-38(35-18-11-17-34-32-15-7-9-20-41(32)53-49(34)35)45-36-16-6-8-19-40(36)51(48(45)46)30-23-25-39-37(26-30)33-24-22-29-13-4-5-14-31(29)47(33)50(39,2)3/h4-11,13-28H,12H2,1-3H3. The summed E-state index contributed by atoms with van der Waals surface area (Å²) in [5.41, 5.74) is 13.5. The Bertz CT molecular complexity index is 3250. The van der Waals surface area contributed by atoms with E-state index in [4.69, 9.17) is 0 Å². The molecule has 0 bridgehead atoms. The zero-order valence-corrected chi connectivity index (χ0v) is 31.5. The molecular weight excluding hydrogens is 679 g/mol. The van der Waals surface area contributed by atoms with Gasteiger partial charge in [0, 0.05) is 62.6 Å². The van der Waals surface area contributed by atoms with Gasteiger partial charge in [0.2, 0.25) is 0 Å². The molecule has 1 nitrogen and oxygen atoms in total. The number of para-hydroxylation sites is 1. The van der Waals surface area contributed by atoms with Gasteiger partial charge < -0.3 is 4.57 Å². The molecule has 3 heteroatoms. The van der Waals surface area contributed by atoms with Crippen LogP contribution in [0.1, 0.15) is 54.7 Å². The van der Waals surface area contributed by atoms with E-state index in [1.165, 1.54) is 112 Å². The highest BCUT2D eigenvalue weighted by molar-refractivity contribution is 7.26. The van der Waals surface area contributed by atoms with Crippen molar-refractivity contribution in [3.8, 4) is 27.9 Å². The van der Waals surface area contributed by atoms with Crippen LogP contribution in [0, 0.1) is 0 Å². The van der Waals surface area contributed by atoms with Gasteiger partial charge >= 0.3 is 0 Å². The molecule has 0 saturated heterocycles. The molecule has 53 heavy (non-hydrogen) atoms. The summed E-state index contributed by atoms with van der Waals surface area (Å²) in [6.45, 7) is 7.22. The number of thiophene rings is 2. The van der Waals surface area contributed by atoms with E-state index in [9.17, 15) is 0 Å². The lowest BCUT2D eigenvalue weighted by atomic mass is 9.80. The number of nitrogens with zero attached hydrogens (tertiary/aromatic N) is 1. The largest absolute Gasteiger partial charge is 0.309 e. The molecule has 0 aliphatic heterocycles. The molecule has 1 unspecified atom stereocenters. The predicted octanol–water partition coefficient (Wildman–Crippen LogP) is 15.0. The smallest absolute Gasteiger partial charge is 0.0637 e. The van der Waals surface area contributed by atoms with Crippen molar-refractivity contribution in [2.75, 3.05) is 0 Å². The van der Waals surface area contributed by atoms with Gasteiger partial charge in [-0.25, -0.2) is 0 Å². The first-order valence-corrected chi connectivity index (χ1v) is 20.4. The third-order valence-corrected chi connectivity index (χ3v) is 14.7. The van der Waals surface area contributed by atoms with Crippen molar-refractivity contribution in [2.24, 2.45) is 0 Å². The maximum absolute atomic E-state index is 2.62. The Labute approximate surface area is 316 Å². The highest BCUT2D eigenvalue weighted by atomic mass is 32.1. The number of allylic oxidation sites excluding steroid dienone is 1. The van der Waals surface area contributed by atoms with E-state index in [2.05, 4.69) is 165 Å². The van der Waals surface area contributed by atoms with Gasteiger partial charge in [-0.3, -0.25) is 0 Å². The van der Waals surface area contributed by atoms with Crippen LogP contribution in [0.3, 0.4) is 0 Å². The summed E-state index contributed by atoms with van der Waals surface area (Å²) < 4.78 is 6.70. The first-order valence-electron chi connectivity index (χ1n) is 18.7. The number of aromatic nitrogens is 1. The monoisotopic (exact) mass is 713 g/mol. The summed E-state index contributed by atoms with van der Waals surface area (Å²) >= 11 is 3.89. The Hall–Kier alpha value is -5.48. The summed E-state index contributed by atoms with van der Waals surface area (Å²) in [4.78, 5) is 1.41. The molecule has 0 amide bonds. The lowest BCUT2D eigenvalue weighted by molar-refractivity contribution is 0.666. The van der Waals surface area contributed by atoms with Crippen molar-refractivity contribution < 1.29 is 0 Å². The van der Waals surface area contributed by atoms with E-state index in [-0.39, 0.29) is 5.41 Å². The van der Waals surface area contributed by atoms with Crippen LogP contribution >= 0.6 is 22.7 Å². The lowest BCUT2D eigenvalue weighted by Crippen LogP contribution is -2.15. The Morgan fingerprint density at radius 1 is 0.623 bits per heavy atom. The van der Waals surface area contributed by atoms with E-state index in [1.807, 2.05) is 22.7 Å². The maximum atomic E-state index is 2.62. The second-order valence-corrected chi connectivity index (χ2v) is 17.8. The minimum Gasteiger partial charge on any atom is -0.309 e. The summed E-state index contributed by atoms with van der Waals surface area (Å²) in [7, 11) is 0. The molecule has 0 saturated carbocycles. The minimum atomic E-state index is -0.0948. The second kappa shape index (κ2) is 10.6. The molecule has 0 spiro atoms. The quantitative estimate of drug-likeness (QED) is 0.168. The number of hydrogen-bond acceptors (Lipinski definition) is 2. The van der Waals surface area contributed by atoms with Gasteiger partial charge in [-0.05, 0) is 92.9 Å². The van der Waals surface area contributed by atoms with Gasteiger partial charge in [0.1, 0.15) is 0 Å². The molecule has 10 aromatic rings. The zero-order valence-electron chi connectivity index (χ0n) is 29.8. The Morgan fingerprint density at radius 2 is 1.42 bits per heavy atom. The zero-order chi connectivity index (χ0) is 35.2. The molecule has 0 N–H and O–H groups in total. The average molecular weight is 714 g/mol. The highest BCUT2D eigenvalue weighted by Crippen LogP contribution is 2.54. The van der Waals surface area contributed by atoms with Crippen molar-refractivity contribution in [2.45, 2.75) is 38.5 Å². The number of benzene rings is 7. The summed E-state index contributed by atoms with van der Waals surface area (Å²) in [6.07, 6.45) is 5.82. The SMILES string of the molecule is CC1CC=Cc2sc3cc(-c4cccc5c4sc4ccccc45)c4c5ccccc5n(-c5ccc6c(c5)-c5ccc7ccccc7c5C6(C)C)c4c3c21. The predicted molar refractivity (Wildman–Crippen MR) is 232 cm³/mol. The van der Waals surface area contributed by atoms with Gasteiger partial charge in [0.15, 0.2) is 0 Å². The number of hydrogen-bond donors (Lipinski definition) is 0. The molecular formula is C50H35NS2. The van der Waals surface area contributed by atoms with E-state index >= 15 is 0 Å². The van der Waals surface area contributed by atoms with Crippen molar-refractivity contribution >= 4 is 91.6 Å². The van der Waals surface area contributed by atoms with Gasteiger partial charge in [-0.2, -0.15) is 0 Å². The Kier molecular flexibility index (Phi) is 5.99. The number of rotatable bonds is 2. The molecule has 0 fully saturated rings. The topological polar surface area (TPSA) is 4.93 Å². The van der Waals surface area contributed by atoms with Crippen LogP contribution in [0.15, 0.2) is 133 Å². The molecule has 0 radical (unpaired) electrons. The van der Waals surface area contributed by atoms with Gasteiger partial charge in [0.25, 0.3) is 0 Å². The van der Waals surface area contributed by atoms with Crippen LogP contribution < -0.4 is 0 Å². The molecule has 7 aromatic carbocycles. The third kappa shape index (κ3) is 3.91. The third-order valence-electron chi connectivity index (χ3n) is 12.4. The van der Waals surface area contributed by atoms with Gasteiger partial charge in [-0.1, -0.05) is 124 Å². The average Bonchev–Trinajstić information content (AvgIpc) is 3.91. The fourth-order valence-corrected chi connectivity index (χ4v) is 12.6. The molecule has 1 atom stereocenters. The molecule has 2 aliphatic rings. The summed E-state index contributed by atoms with van der Waals surface area (Å²) in [6, 6.07) is 48.4. The van der Waals surface area contributed by atoms with E-state index in [1.54, 1.807) is 0 Å². The van der Waals surface area contributed by atoms with Crippen molar-refractivity contribution in [1.82, 2.24) is 4.57 Å². The Morgan fingerprint density at radius 3 is 2.32 bits per heavy atom. The molecule has 2 aliphatic carbocycles. The first kappa shape index (κ1) is 30.0. The van der Waals surface area contributed by atoms with Crippen LogP contribution in [-0.4, -0.2) is 4.57 Å². The van der Waals surface area contributed by atoms with Crippen molar-refractivity contribution in [1.29, 1.82) is 0 Å². The number of fused-ring (bicyclic) bond motifs is 15. The van der Waals surface area contributed by atoms with Crippen molar-refractivity contribution in [3.05, 3.63) is 155 Å². The van der Waals surface area contributed by atoms with Crippen LogP contribution in [-0.2, 0) is 5.41 Å². The second-order valence-electron chi connectivity index (χ2n) is 15.6. The molecule has 3 aromatic heterocycles. The van der Waals surface area contributed by atoms with Crippen LogP contribution in [0.2, 0.25) is 0 Å². The lowest BCUT2D eigenvalue weighted by Gasteiger charge is -2.23. The van der Waals surface area contributed by atoms with Crippen molar-refractivity contribution in [3.63, 3.8) is 0 Å². The normalized spacial score (nSPS) is 16.0. The van der Waals surface area contributed by atoms with Gasteiger partial charge in [0.05, 0.1) is 11.0 Å².